The van der Waals surface area contributed by atoms with Crippen LogP contribution in [0.5, 0.6) is 11.5 Å². The van der Waals surface area contributed by atoms with Crippen molar-refractivity contribution in [2.45, 2.75) is 0 Å². The van der Waals surface area contributed by atoms with E-state index in [2.05, 4.69) is 4.98 Å². The van der Waals surface area contributed by atoms with Gasteiger partial charge in [0.05, 0.1) is 0 Å². The highest BCUT2D eigenvalue weighted by molar-refractivity contribution is 6.34. The second kappa shape index (κ2) is 2.75. The van der Waals surface area contributed by atoms with Gasteiger partial charge < -0.3 is 9.47 Å². The lowest BCUT2D eigenvalue weighted by atomic mass is 10.1. The molecule has 2 heterocycles. The number of hydrogen-bond acceptors (Lipinski definition) is 3. The van der Waals surface area contributed by atoms with Crippen molar-refractivity contribution < 1.29 is 9.47 Å². The molecule has 2 aromatic rings. The van der Waals surface area contributed by atoms with E-state index in [4.69, 9.17) is 21.1 Å². The minimum Gasteiger partial charge on any atom is -0.454 e. The van der Waals surface area contributed by atoms with Crippen molar-refractivity contribution in [2.75, 3.05) is 6.79 Å². The first kappa shape index (κ1) is 7.88. The van der Waals surface area contributed by atoms with E-state index < -0.39 is 0 Å². The second-order valence-electron chi connectivity index (χ2n) is 3.00. The third-order valence-corrected chi connectivity index (χ3v) is 2.53. The first-order valence-corrected chi connectivity index (χ1v) is 4.57. The van der Waals surface area contributed by atoms with Gasteiger partial charge in [-0.3, -0.25) is 0 Å². The Bertz CT molecular complexity index is 513. The monoisotopic (exact) mass is 207 g/mol. The van der Waals surface area contributed by atoms with E-state index in [-0.39, 0.29) is 6.79 Å². The van der Waals surface area contributed by atoms with E-state index in [0.717, 1.165) is 22.3 Å². The quantitative estimate of drug-likeness (QED) is 0.623. The minimum absolute atomic E-state index is 0.272. The van der Waals surface area contributed by atoms with Gasteiger partial charge in [-0.05, 0) is 18.2 Å². The standard InChI is InChI=1S/C10H6ClNO2/c11-10-7-1-2-8-9(14-5-13-8)6(7)3-4-12-10/h1-4H,5H2. The third-order valence-electron chi connectivity index (χ3n) is 2.23. The molecule has 0 atom stereocenters. The molecule has 0 N–H and O–H groups in total. The highest BCUT2D eigenvalue weighted by Gasteiger charge is 2.17. The summed E-state index contributed by atoms with van der Waals surface area (Å²) in [4.78, 5) is 4.00. The molecule has 0 saturated carbocycles. The van der Waals surface area contributed by atoms with E-state index in [1.807, 2.05) is 18.2 Å². The number of pyridine rings is 1. The lowest BCUT2D eigenvalue weighted by Crippen LogP contribution is -1.93. The summed E-state index contributed by atoms with van der Waals surface area (Å²) in [6, 6.07) is 5.60. The van der Waals surface area contributed by atoms with Gasteiger partial charge >= 0.3 is 0 Å². The Morgan fingerprint density at radius 3 is 3.00 bits per heavy atom. The average molecular weight is 208 g/mol. The first-order valence-electron chi connectivity index (χ1n) is 4.19. The number of ether oxygens (including phenoxy) is 2. The van der Waals surface area contributed by atoms with Gasteiger partial charge in [-0.25, -0.2) is 4.98 Å². The smallest absolute Gasteiger partial charge is 0.231 e. The van der Waals surface area contributed by atoms with E-state index in [9.17, 15) is 0 Å². The predicted octanol–water partition coefficient (Wildman–Crippen LogP) is 2.62. The van der Waals surface area contributed by atoms with Crippen LogP contribution in [0, 0.1) is 0 Å². The maximum atomic E-state index is 5.95. The van der Waals surface area contributed by atoms with Gasteiger partial charge in [-0.15, -0.1) is 0 Å². The molecule has 0 amide bonds. The summed E-state index contributed by atoms with van der Waals surface area (Å²) in [6.07, 6.45) is 1.66. The first-order chi connectivity index (χ1) is 6.86. The molecule has 0 bridgehead atoms. The third kappa shape index (κ3) is 0.960. The van der Waals surface area contributed by atoms with E-state index in [1.54, 1.807) is 6.20 Å². The van der Waals surface area contributed by atoms with E-state index in [1.165, 1.54) is 0 Å². The molecule has 70 valence electrons. The van der Waals surface area contributed by atoms with Crippen molar-refractivity contribution in [1.29, 1.82) is 0 Å². The molecular formula is C10H6ClNO2. The number of rotatable bonds is 0. The van der Waals surface area contributed by atoms with Crippen molar-refractivity contribution in [3.05, 3.63) is 29.5 Å². The van der Waals surface area contributed by atoms with Crippen molar-refractivity contribution in [3.63, 3.8) is 0 Å². The van der Waals surface area contributed by atoms with Crippen LogP contribution < -0.4 is 9.47 Å². The molecule has 14 heavy (non-hydrogen) atoms. The molecule has 1 aromatic carbocycles. The van der Waals surface area contributed by atoms with E-state index in [0.29, 0.717) is 5.15 Å². The largest absolute Gasteiger partial charge is 0.454 e. The molecule has 0 saturated heterocycles. The van der Waals surface area contributed by atoms with Gasteiger partial charge in [0.15, 0.2) is 11.5 Å². The zero-order valence-corrected chi connectivity index (χ0v) is 7.91. The fraction of sp³-hybridized carbons (Fsp3) is 0.100. The molecule has 4 heteroatoms. The summed E-state index contributed by atoms with van der Waals surface area (Å²) in [7, 11) is 0. The molecule has 0 fully saturated rings. The van der Waals surface area contributed by atoms with Gasteiger partial charge in [-0.2, -0.15) is 0 Å². The number of aromatic nitrogens is 1. The zero-order valence-electron chi connectivity index (χ0n) is 7.16. The molecule has 3 nitrogen and oxygen atoms in total. The number of fused-ring (bicyclic) bond motifs is 3. The highest BCUT2D eigenvalue weighted by atomic mass is 35.5. The Labute approximate surface area is 85.2 Å². The summed E-state index contributed by atoms with van der Waals surface area (Å²) >= 11 is 5.95. The molecule has 1 aliphatic rings. The minimum atomic E-state index is 0.272. The molecule has 1 aromatic heterocycles. The molecule has 0 spiro atoms. The number of nitrogens with zero attached hydrogens (tertiary/aromatic N) is 1. The van der Waals surface area contributed by atoms with Gasteiger partial charge in [0.1, 0.15) is 5.15 Å². The molecule has 0 aliphatic carbocycles. The fourth-order valence-corrected chi connectivity index (χ4v) is 1.81. The number of benzene rings is 1. The normalized spacial score (nSPS) is 13.5. The van der Waals surface area contributed by atoms with Gasteiger partial charge in [0.2, 0.25) is 6.79 Å². The summed E-state index contributed by atoms with van der Waals surface area (Å²) < 4.78 is 10.6. The summed E-state index contributed by atoms with van der Waals surface area (Å²) in [6.45, 7) is 0.272. The van der Waals surface area contributed by atoms with Gasteiger partial charge in [0, 0.05) is 17.0 Å². The molecule has 0 radical (unpaired) electrons. The van der Waals surface area contributed by atoms with Crippen LogP contribution in [-0.2, 0) is 0 Å². The SMILES string of the molecule is Clc1nccc2c3c(ccc12)OCO3. The van der Waals surface area contributed by atoms with Gasteiger partial charge in [-0.1, -0.05) is 11.6 Å². The molecule has 1 aliphatic heterocycles. The fourth-order valence-electron chi connectivity index (χ4n) is 1.59. The summed E-state index contributed by atoms with van der Waals surface area (Å²) in [5.41, 5.74) is 0. The van der Waals surface area contributed by atoms with Crippen LogP contribution in [0.25, 0.3) is 10.8 Å². The highest BCUT2D eigenvalue weighted by Crippen LogP contribution is 2.40. The molecule has 3 rings (SSSR count). The van der Waals surface area contributed by atoms with Crippen LogP contribution in [0.2, 0.25) is 5.15 Å². The van der Waals surface area contributed by atoms with Crippen molar-refractivity contribution >= 4 is 22.4 Å². The predicted molar refractivity (Wildman–Crippen MR) is 52.9 cm³/mol. The number of hydrogen-bond donors (Lipinski definition) is 0. The van der Waals surface area contributed by atoms with Crippen LogP contribution in [0.15, 0.2) is 24.4 Å². The van der Waals surface area contributed by atoms with Crippen LogP contribution >= 0.6 is 11.6 Å². The maximum Gasteiger partial charge on any atom is 0.231 e. The zero-order chi connectivity index (χ0) is 9.54. The molecular weight excluding hydrogens is 202 g/mol. The van der Waals surface area contributed by atoms with Crippen LogP contribution in [0.1, 0.15) is 0 Å². The van der Waals surface area contributed by atoms with Crippen LogP contribution in [0.4, 0.5) is 0 Å². The number of halogens is 1. The van der Waals surface area contributed by atoms with Crippen molar-refractivity contribution in [1.82, 2.24) is 4.98 Å². The van der Waals surface area contributed by atoms with Crippen LogP contribution in [-0.4, -0.2) is 11.8 Å². The maximum absolute atomic E-state index is 5.95. The van der Waals surface area contributed by atoms with Crippen molar-refractivity contribution in [3.8, 4) is 11.5 Å². The lowest BCUT2D eigenvalue weighted by molar-refractivity contribution is 0.175. The Hall–Kier alpha value is -1.48. The summed E-state index contributed by atoms with van der Waals surface area (Å²) in [5, 5.41) is 2.32. The average Bonchev–Trinajstić information content (AvgIpc) is 2.66. The van der Waals surface area contributed by atoms with Crippen LogP contribution in [0.3, 0.4) is 0 Å². The second-order valence-corrected chi connectivity index (χ2v) is 3.35. The Kier molecular flexibility index (Phi) is 1.55. The topological polar surface area (TPSA) is 31.4 Å². The Morgan fingerprint density at radius 1 is 1.14 bits per heavy atom. The van der Waals surface area contributed by atoms with Crippen molar-refractivity contribution in [2.24, 2.45) is 0 Å². The Morgan fingerprint density at radius 2 is 2.07 bits per heavy atom. The van der Waals surface area contributed by atoms with E-state index >= 15 is 0 Å². The van der Waals surface area contributed by atoms with Gasteiger partial charge in [0.25, 0.3) is 0 Å². The Balaban J connectivity index is 2.44. The molecule has 0 unspecified atom stereocenters. The summed E-state index contributed by atoms with van der Waals surface area (Å²) in [5.74, 6) is 1.52. The lowest BCUT2D eigenvalue weighted by Gasteiger charge is -2.02.